The molecule has 0 bridgehead atoms. The molecule has 20 heavy (non-hydrogen) atoms. The van der Waals surface area contributed by atoms with Gasteiger partial charge >= 0.3 is 0 Å². The summed E-state index contributed by atoms with van der Waals surface area (Å²) in [5.41, 5.74) is 1.91. The molecule has 1 N–H and O–H groups in total. The molecular formula is C16H24N2O2. The number of amides is 2. The van der Waals surface area contributed by atoms with E-state index in [1.807, 2.05) is 52.0 Å². The Kier molecular flexibility index (Phi) is 5.31. The Labute approximate surface area is 121 Å². The van der Waals surface area contributed by atoms with Gasteiger partial charge in [0.05, 0.1) is 6.54 Å². The summed E-state index contributed by atoms with van der Waals surface area (Å²) in [5.74, 6) is -0.241. The Hall–Kier alpha value is -1.84. The molecule has 0 unspecified atom stereocenters. The summed E-state index contributed by atoms with van der Waals surface area (Å²) < 4.78 is 0. The van der Waals surface area contributed by atoms with Crippen LogP contribution in [0.3, 0.4) is 0 Å². The normalized spacial score (nSPS) is 11.1. The van der Waals surface area contributed by atoms with Gasteiger partial charge in [0, 0.05) is 19.0 Å². The van der Waals surface area contributed by atoms with E-state index in [1.54, 1.807) is 4.90 Å². The lowest BCUT2D eigenvalue weighted by Gasteiger charge is -2.25. The highest BCUT2D eigenvalue weighted by Crippen LogP contribution is 2.07. The van der Waals surface area contributed by atoms with Gasteiger partial charge in [0.25, 0.3) is 0 Å². The summed E-state index contributed by atoms with van der Waals surface area (Å²) in [6.45, 7) is 9.80. The second-order valence-electron chi connectivity index (χ2n) is 6.16. The van der Waals surface area contributed by atoms with Crippen LogP contribution in [0.15, 0.2) is 24.3 Å². The molecule has 0 aliphatic rings. The molecule has 0 spiro atoms. The maximum atomic E-state index is 11.9. The Morgan fingerprint density at radius 1 is 1.15 bits per heavy atom. The van der Waals surface area contributed by atoms with Crippen molar-refractivity contribution in [3.8, 4) is 0 Å². The molecule has 4 nitrogen and oxygen atoms in total. The van der Waals surface area contributed by atoms with Gasteiger partial charge in [-0.2, -0.15) is 0 Å². The molecule has 4 heteroatoms. The zero-order valence-electron chi connectivity index (χ0n) is 13.0. The molecular weight excluding hydrogens is 252 g/mol. The van der Waals surface area contributed by atoms with E-state index < -0.39 is 0 Å². The number of aryl methyl sites for hydroxylation is 1. The van der Waals surface area contributed by atoms with Crippen molar-refractivity contribution >= 4 is 11.8 Å². The van der Waals surface area contributed by atoms with Crippen LogP contribution >= 0.6 is 0 Å². The van der Waals surface area contributed by atoms with E-state index in [9.17, 15) is 9.59 Å². The average Bonchev–Trinajstić information content (AvgIpc) is 2.28. The van der Waals surface area contributed by atoms with Gasteiger partial charge in [-0.05, 0) is 33.3 Å². The number of benzene rings is 1. The van der Waals surface area contributed by atoms with Crippen LogP contribution in [-0.2, 0) is 16.1 Å². The molecule has 1 rings (SSSR count). The Morgan fingerprint density at radius 3 is 2.15 bits per heavy atom. The number of nitrogens with zero attached hydrogens (tertiary/aromatic N) is 1. The zero-order valence-corrected chi connectivity index (χ0v) is 13.0. The number of hydrogen-bond donors (Lipinski definition) is 1. The van der Waals surface area contributed by atoms with E-state index in [2.05, 4.69) is 5.32 Å². The van der Waals surface area contributed by atoms with E-state index in [0.29, 0.717) is 6.54 Å². The molecule has 0 aromatic heterocycles. The van der Waals surface area contributed by atoms with Crippen LogP contribution in [-0.4, -0.2) is 28.8 Å². The zero-order chi connectivity index (χ0) is 15.3. The maximum Gasteiger partial charge on any atom is 0.240 e. The minimum absolute atomic E-state index is 0.0838. The minimum Gasteiger partial charge on any atom is -0.350 e. The topological polar surface area (TPSA) is 49.4 Å². The Morgan fingerprint density at radius 2 is 1.70 bits per heavy atom. The molecule has 0 aliphatic carbocycles. The molecule has 0 aliphatic heterocycles. The third-order valence-electron chi connectivity index (χ3n) is 2.79. The second-order valence-corrected chi connectivity index (χ2v) is 6.16. The monoisotopic (exact) mass is 276 g/mol. The molecule has 0 atom stereocenters. The van der Waals surface area contributed by atoms with Gasteiger partial charge in [0.2, 0.25) is 11.8 Å². The van der Waals surface area contributed by atoms with Gasteiger partial charge in [0.1, 0.15) is 0 Å². The lowest BCUT2D eigenvalue weighted by molar-refractivity contribution is -0.135. The number of nitrogens with one attached hydrogen (secondary N) is 1. The molecule has 0 heterocycles. The van der Waals surface area contributed by atoms with Crippen molar-refractivity contribution in [1.29, 1.82) is 0 Å². The smallest absolute Gasteiger partial charge is 0.240 e. The van der Waals surface area contributed by atoms with Gasteiger partial charge in [-0.3, -0.25) is 9.59 Å². The summed E-state index contributed by atoms with van der Waals surface area (Å²) >= 11 is 0. The Bertz CT molecular complexity index is 472. The maximum absolute atomic E-state index is 11.9. The predicted octanol–water partition coefficient (Wildman–Crippen LogP) is 2.26. The summed E-state index contributed by atoms with van der Waals surface area (Å²) in [4.78, 5) is 25.1. The molecule has 1 aromatic rings. The highest BCUT2D eigenvalue weighted by atomic mass is 16.2. The van der Waals surface area contributed by atoms with Crippen LogP contribution in [0.25, 0.3) is 0 Å². The first kappa shape index (κ1) is 16.2. The van der Waals surface area contributed by atoms with Crippen molar-refractivity contribution in [2.45, 2.75) is 46.7 Å². The van der Waals surface area contributed by atoms with Crippen LogP contribution in [0.4, 0.5) is 0 Å². The first-order chi connectivity index (χ1) is 9.17. The van der Waals surface area contributed by atoms with Gasteiger partial charge in [0.15, 0.2) is 0 Å². The van der Waals surface area contributed by atoms with Crippen molar-refractivity contribution in [3.63, 3.8) is 0 Å². The second kappa shape index (κ2) is 6.55. The Balaban J connectivity index is 2.68. The fourth-order valence-electron chi connectivity index (χ4n) is 1.82. The van der Waals surface area contributed by atoms with Crippen LogP contribution in [0.1, 0.15) is 38.8 Å². The van der Waals surface area contributed by atoms with Gasteiger partial charge in [-0.15, -0.1) is 0 Å². The fraction of sp³-hybridized carbons (Fsp3) is 0.500. The quantitative estimate of drug-likeness (QED) is 0.917. The first-order valence-electron chi connectivity index (χ1n) is 6.79. The lowest BCUT2D eigenvalue weighted by atomic mass is 10.1. The largest absolute Gasteiger partial charge is 0.350 e. The standard InChI is InChI=1S/C16H24N2O2/c1-12-6-8-14(9-7-12)10-18(13(2)19)11-15(20)17-16(3,4)5/h6-9H,10-11H2,1-5H3,(H,17,20). The molecule has 2 amide bonds. The fourth-order valence-corrected chi connectivity index (χ4v) is 1.82. The van der Waals surface area contributed by atoms with Crippen LogP contribution in [0.2, 0.25) is 0 Å². The number of carbonyl (C=O) groups excluding carboxylic acids is 2. The van der Waals surface area contributed by atoms with Crippen molar-refractivity contribution in [2.75, 3.05) is 6.54 Å². The molecule has 0 radical (unpaired) electrons. The van der Waals surface area contributed by atoms with E-state index in [1.165, 1.54) is 12.5 Å². The summed E-state index contributed by atoms with van der Waals surface area (Å²) in [6.07, 6.45) is 0. The SMILES string of the molecule is CC(=O)N(CC(=O)NC(C)(C)C)Cc1ccc(C)cc1. The van der Waals surface area contributed by atoms with Gasteiger partial charge in [-0.1, -0.05) is 29.8 Å². The molecule has 0 saturated heterocycles. The number of carbonyl (C=O) groups is 2. The van der Waals surface area contributed by atoms with Crippen molar-refractivity contribution in [1.82, 2.24) is 10.2 Å². The van der Waals surface area contributed by atoms with Gasteiger partial charge < -0.3 is 10.2 Å². The minimum atomic E-state index is -0.288. The summed E-state index contributed by atoms with van der Waals surface area (Å²) in [7, 11) is 0. The molecule has 0 saturated carbocycles. The average molecular weight is 276 g/mol. The van der Waals surface area contributed by atoms with Crippen LogP contribution < -0.4 is 5.32 Å². The van der Waals surface area contributed by atoms with E-state index in [4.69, 9.17) is 0 Å². The first-order valence-corrected chi connectivity index (χ1v) is 6.79. The van der Waals surface area contributed by atoms with Gasteiger partial charge in [-0.25, -0.2) is 0 Å². The highest BCUT2D eigenvalue weighted by molar-refractivity contribution is 5.84. The number of hydrogen-bond acceptors (Lipinski definition) is 2. The predicted molar refractivity (Wildman–Crippen MR) is 80.2 cm³/mol. The third-order valence-corrected chi connectivity index (χ3v) is 2.79. The summed E-state index contributed by atoms with van der Waals surface area (Å²) in [5, 5.41) is 2.87. The van der Waals surface area contributed by atoms with E-state index in [0.717, 1.165) is 5.56 Å². The lowest BCUT2D eigenvalue weighted by Crippen LogP contribution is -2.46. The highest BCUT2D eigenvalue weighted by Gasteiger charge is 2.18. The molecule has 0 fully saturated rings. The van der Waals surface area contributed by atoms with Crippen molar-refractivity contribution in [2.24, 2.45) is 0 Å². The van der Waals surface area contributed by atoms with Crippen molar-refractivity contribution < 1.29 is 9.59 Å². The van der Waals surface area contributed by atoms with Crippen molar-refractivity contribution in [3.05, 3.63) is 35.4 Å². The third kappa shape index (κ3) is 5.87. The van der Waals surface area contributed by atoms with E-state index >= 15 is 0 Å². The number of rotatable bonds is 4. The van der Waals surface area contributed by atoms with Crippen LogP contribution in [0, 0.1) is 6.92 Å². The molecule has 1 aromatic carbocycles. The van der Waals surface area contributed by atoms with Crippen LogP contribution in [0.5, 0.6) is 0 Å². The summed E-state index contributed by atoms with van der Waals surface area (Å²) in [6, 6.07) is 7.96. The molecule has 110 valence electrons. The van der Waals surface area contributed by atoms with E-state index in [-0.39, 0.29) is 23.9 Å².